The Bertz CT molecular complexity index is 1240. The molecular formula is C28H36IN3O6. The van der Waals surface area contributed by atoms with Gasteiger partial charge in [0.05, 0.1) is 13.2 Å². The van der Waals surface area contributed by atoms with Gasteiger partial charge in [-0.15, -0.1) is 0 Å². The molecule has 38 heavy (non-hydrogen) atoms. The molecule has 0 aliphatic carbocycles. The van der Waals surface area contributed by atoms with E-state index in [0.717, 1.165) is 39.2 Å². The van der Waals surface area contributed by atoms with Gasteiger partial charge in [0.25, 0.3) is 0 Å². The van der Waals surface area contributed by atoms with Crippen molar-refractivity contribution in [3.05, 3.63) is 33.5 Å². The number of carboxylic acid groups (broad SMARTS) is 1. The smallest absolute Gasteiger partial charge is 0.407 e. The molecule has 0 unspecified atom stereocenters. The summed E-state index contributed by atoms with van der Waals surface area (Å²) in [6.07, 6.45) is 3.18. The zero-order chi connectivity index (χ0) is 27.8. The first-order valence-electron chi connectivity index (χ1n) is 13.0. The van der Waals surface area contributed by atoms with Gasteiger partial charge in [0.1, 0.15) is 18.2 Å². The molecule has 1 fully saturated rings. The number of rotatable bonds is 1. The lowest BCUT2D eigenvalue weighted by atomic mass is 9.85. The summed E-state index contributed by atoms with van der Waals surface area (Å²) in [5.41, 5.74) is 0.197. The molecule has 2 aromatic rings. The van der Waals surface area contributed by atoms with Gasteiger partial charge >= 0.3 is 12.1 Å². The van der Waals surface area contributed by atoms with Crippen molar-refractivity contribution >= 4 is 51.3 Å². The summed E-state index contributed by atoms with van der Waals surface area (Å²) in [5, 5.41) is 14.6. The number of cyclic esters (lactones) is 1. The minimum atomic E-state index is -1.12. The van der Waals surface area contributed by atoms with Crippen molar-refractivity contribution in [1.82, 2.24) is 15.2 Å². The molecule has 206 valence electrons. The highest BCUT2D eigenvalue weighted by atomic mass is 127. The topological polar surface area (TPSA) is 118 Å². The van der Waals surface area contributed by atoms with Crippen molar-refractivity contribution in [2.75, 3.05) is 13.2 Å². The highest BCUT2D eigenvalue weighted by Crippen LogP contribution is 2.33. The molecule has 0 spiro atoms. The Morgan fingerprint density at radius 3 is 2.66 bits per heavy atom. The van der Waals surface area contributed by atoms with E-state index in [2.05, 4.69) is 51.1 Å². The third-order valence-electron chi connectivity index (χ3n) is 7.26. The molecular weight excluding hydrogens is 601 g/mol. The normalized spacial score (nSPS) is 24.8. The lowest BCUT2D eigenvalue weighted by molar-refractivity contribution is -0.150. The van der Waals surface area contributed by atoms with Crippen molar-refractivity contribution in [1.29, 1.82) is 0 Å². The molecule has 2 aliphatic heterocycles. The molecule has 10 heteroatoms. The third kappa shape index (κ3) is 6.32. The Hall–Kier alpha value is -2.63. The van der Waals surface area contributed by atoms with Gasteiger partial charge in [-0.3, -0.25) is 4.79 Å². The fourth-order valence-electron chi connectivity index (χ4n) is 5.08. The number of nitrogens with zero attached hydrogens (tertiary/aromatic N) is 2. The molecule has 4 bridgehead atoms. The number of alkyl carbamates (subject to hydrolysis) is 1. The predicted molar refractivity (Wildman–Crippen MR) is 151 cm³/mol. The summed E-state index contributed by atoms with van der Waals surface area (Å²) in [5.74, 6) is -1.16. The van der Waals surface area contributed by atoms with Crippen molar-refractivity contribution in [2.45, 2.75) is 78.5 Å². The van der Waals surface area contributed by atoms with Crippen LogP contribution in [0.2, 0.25) is 0 Å². The highest BCUT2D eigenvalue weighted by molar-refractivity contribution is 14.1. The van der Waals surface area contributed by atoms with Crippen molar-refractivity contribution < 1.29 is 29.0 Å². The third-order valence-corrected chi connectivity index (χ3v) is 8.12. The van der Waals surface area contributed by atoms with E-state index in [4.69, 9.17) is 9.47 Å². The summed E-state index contributed by atoms with van der Waals surface area (Å²) < 4.78 is 12.8. The first-order valence-corrected chi connectivity index (χ1v) is 14.0. The van der Waals surface area contributed by atoms with Gasteiger partial charge in [-0.05, 0) is 64.3 Å². The lowest BCUT2D eigenvalue weighted by Crippen LogP contribution is -2.57. The second kappa shape index (κ2) is 10.9. The Labute approximate surface area is 236 Å². The van der Waals surface area contributed by atoms with Gasteiger partial charge in [-0.25, -0.2) is 14.6 Å². The second-order valence-electron chi connectivity index (χ2n) is 12.1. The number of hydrogen-bond acceptors (Lipinski definition) is 6. The largest absolute Gasteiger partial charge is 0.480 e. The number of fused-ring (bicyclic) bond motifs is 3. The maximum absolute atomic E-state index is 13.7. The summed E-state index contributed by atoms with van der Waals surface area (Å²) >= 11 is 2.25. The second-order valence-corrected chi connectivity index (χ2v) is 13.3. The van der Waals surface area contributed by atoms with Crippen molar-refractivity contribution in [3.8, 4) is 5.88 Å². The van der Waals surface area contributed by atoms with Gasteiger partial charge in [0.2, 0.25) is 11.8 Å². The number of aryl methyl sites for hydroxylation is 1. The first kappa shape index (κ1) is 28.4. The fraction of sp³-hybridized carbons (Fsp3) is 0.571. The molecule has 4 rings (SSSR count). The maximum Gasteiger partial charge on any atom is 0.407 e. The first-order chi connectivity index (χ1) is 17.7. The average molecular weight is 638 g/mol. The molecule has 0 radical (unpaired) electrons. The van der Waals surface area contributed by atoms with Gasteiger partial charge in [-0.2, -0.15) is 0 Å². The SMILES string of the molecule is CC1(C)CCCc2ccc3c(I)cnc(c3c2)O[C@@H]2C[C@@H](C(=O)O)N(C2)C(=O)[C@H](C(C)(C)C)NC(=O)OC1. The van der Waals surface area contributed by atoms with E-state index >= 15 is 0 Å². The highest BCUT2D eigenvalue weighted by Gasteiger charge is 2.46. The van der Waals surface area contributed by atoms with Gasteiger partial charge in [0.15, 0.2) is 0 Å². The zero-order valence-corrected chi connectivity index (χ0v) is 24.7. The van der Waals surface area contributed by atoms with Gasteiger partial charge in [0, 0.05) is 27.0 Å². The predicted octanol–water partition coefficient (Wildman–Crippen LogP) is 4.78. The average Bonchev–Trinajstić information content (AvgIpc) is 3.26. The fourth-order valence-corrected chi connectivity index (χ4v) is 5.69. The van der Waals surface area contributed by atoms with Crippen LogP contribution in [-0.2, 0) is 20.7 Å². The molecule has 3 heterocycles. The van der Waals surface area contributed by atoms with Crippen LogP contribution in [-0.4, -0.2) is 64.3 Å². The number of aromatic nitrogens is 1. The molecule has 1 aromatic carbocycles. The summed E-state index contributed by atoms with van der Waals surface area (Å²) in [7, 11) is 0. The number of pyridine rings is 1. The van der Waals surface area contributed by atoms with Crippen molar-refractivity contribution in [2.24, 2.45) is 10.8 Å². The van der Waals surface area contributed by atoms with Crippen LogP contribution in [0.15, 0.2) is 24.4 Å². The van der Waals surface area contributed by atoms with Crippen LogP contribution in [0.3, 0.4) is 0 Å². The van der Waals surface area contributed by atoms with Crippen LogP contribution < -0.4 is 10.1 Å². The Morgan fingerprint density at radius 2 is 1.97 bits per heavy atom. The minimum absolute atomic E-state index is 0.0704. The Balaban J connectivity index is 1.74. The molecule has 3 atom stereocenters. The van der Waals surface area contributed by atoms with Gasteiger partial charge < -0.3 is 24.8 Å². The van der Waals surface area contributed by atoms with Crippen molar-refractivity contribution in [3.63, 3.8) is 0 Å². The van der Waals surface area contributed by atoms with E-state index in [1.165, 1.54) is 4.90 Å². The molecule has 0 saturated carbocycles. The summed E-state index contributed by atoms with van der Waals surface area (Å²) in [4.78, 5) is 44.5. The van der Waals surface area contributed by atoms with Crippen LogP contribution in [0.1, 0.15) is 59.4 Å². The number of carbonyl (C=O) groups is 3. The van der Waals surface area contributed by atoms with E-state index in [0.29, 0.717) is 5.88 Å². The Kier molecular flexibility index (Phi) is 8.11. The number of amides is 2. The number of nitrogens with one attached hydrogen (secondary N) is 1. The van der Waals surface area contributed by atoms with Crippen LogP contribution in [0.4, 0.5) is 4.79 Å². The Morgan fingerprint density at radius 1 is 1.24 bits per heavy atom. The molecule has 1 saturated heterocycles. The summed E-state index contributed by atoms with van der Waals surface area (Å²) in [6.45, 7) is 9.84. The summed E-state index contributed by atoms with van der Waals surface area (Å²) in [6, 6.07) is 4.20. The van der Waals surface area contributed by atoms with E-state index in [1.54, 1.807) is 6.20 Å². The number of ether oxygens (including phenoxy) is 2. The molecule has 2 amide bonds. The maximum atomic E-state index is 13.7. The number of aliphatic carboxylic acids is 1. The number of carbonyl (C=O) groups excluding carboxylic acids is 2. The van der Waals surface area contributed by atoms with E-state index in [9.17, 15) is 19.5 Å². The zero-order valence-electron chi connectivity index (χ0n) is 22.5. The quantitative estimate of drug-likeness (QED) is 0.433. The molecule has 1 aromatic heterocycles. The number of benzene rings is 1. The molecule has 9 nitrogen and oxygen atoms in total. The molecule has 2 N–H and O–H groups in total. The van der Waals surface area contributed by atoms with E-state index in [1.807, 2.05) is 34.6 Å². The minimum Gasteiger partial charge on any atom is -0.480 e. The van der Waals surface area contributed by atoms with E-state index < -0.39 is 41.6 Å². The lowest BCUT2D eigenvalue weighted by Gasteiger charge is -2.34. The number of hydrogen-bond donors (Lipinski definition) is 2. The van der Waals surface area contributed by atoms with Crippen LogP contribution in [0.5, 0.6) is 5.88 Å². The monoisotopic (exact) mass is 637 g/mol. The van der Waals surface area contributed by atoms with Crippen LogP contribution in [0.25, 0.3) is 10.8 Å². The standard InChI is InChI=1S/C28H36IN3O6/c1-27(2,3)22-24(33)32-14-17(12-21(32)25(34)35)38-23-19-11-16(8-9-18(19)20(29)13-30-23)7-6-10-28(4,5)15-37-26(36)31-22/h8-9,11,13,17,21-22H,6-7,10,12,14-15H2,1-5H3,(H,31,36)(H,34,35)/t17-,21+,22-/m1/s1. The number of halogens is 1. The van der Waals surface area contributed by atoms with E-state index in [-0.39, 0.29) is 25.0 Å². The van der Waals surface area contributed by atoms with Crippen LogP contribution >= 0.6 is 22.6 Å². The number of carboxylic acids is 1. The van der Waals surface area contributed by atoms with Gasteiger partial charge in [-0.1, -0.05) is 46.8 Å². The van der Waals surface area contributed by atoms with Crippen LogP contribution in [0, 0.1) is 14.4 Å². The molecule has 2 aliphatic rings.